The van der Waals surface area contributed by atoms with Gasteiger partial charge in [-0.1, -0.05) is 23.2 Å². The van der Waals surface area contributed by atoms with E-state index in [1.807, 2.05) is 24.3 Å². The van der Waals surface area contributed by atoms with Gasteiger partial charge in [0.15, 0.2) is 17.2 Å². The van der Waals surface area contributed by atoms with Crippen molar-refractivity contribution in [2.45, 2.75) is 43.9 Å². The molecule has 5 nitrogen and oxygen atoms in total. The van der Waals surface area contributed by atoms with Crippen LogP contribution >= 0.6 is 23.2 Å². The Morgan fingerprint density at radius 1 is 1.07 bits per heavy atom. The van der Waals surface area contributed by atoms with Crippen molar-refractivity contribution < 1.29 is 14.2 Å². The molecule has 1 spiro atoms. The molecule has 3 aliphatic rings. The third-order valence-corrected chi connectivity index (χ3v) is 6.62. The molecule has 0 bridgehead atoms. The van der Waals surface area contributed by atoms with E-state index in [0.29, 0.717) is 21.5 Å². The molecule has 1 aliphatic carbocycles. The van der Waals surface area contributed by atoms with E-state index in [1.54, 1.807) is 20.3 Å². The van der Waals surface area contributed by atoms with Crippen LogP contribution in [0.3, 0.4) is 0 Å². The van der Waals surface area contributed by atoms with Crippen LogP contribution in [-0.2, 0) is 0 Å². The number of ether oxygens (including phenoxy) is 3. The van der Waals surface area contributed by atoms with Crippen LogP contribution in [0, 0.1) is 0 Å². The second-order valence-electron chi connectivity index (χ2n) is 7.74. The fraction of sp³-hybridized carbons (Fsp3) is 0.409. The van der Waals surface area contributed by atoms with Crippen molar-refractivity contribution in [1.82, 2.24) is 5.01 Å². The molecule has 2 aromatic rings. The van der Waals surface area contributed by atoms with E-state index in [1.165, 1.54) is 0 Å². The molecular formula is C22H22Cl2N2O3. The summed E-state index contributed by atoms with van der Waals surface area (Å²) in [6, 6.07) is 9.67. The molecule has 0 saturated heterocycles. The van der Waals surface area contributed by atoms with E-state index in [0.717, 1.165) is 54.7 Å². The molecular weight excluding hydrogens is 411 g/mol. The van der Waals surface area contributed by atoms with Crippen LogP contribution < -0.4 is 14.2 Å². The Morgan fingerprint density at radius 2 is 1.83 bits per heavy atom. The highest BCUT2D eigenvalue weighted by atomic mass is 35.5. The SMILES string of the molecule is COc1ccc(C2=NN3[C@H](C2)c2cc(Cl)cc(Cl)c2OC32CCCC2)cc1OC. The summed E-state index contributed by atoms with van der Waals surface area (Å²) in [6.45, 7) is 0. The zero-order valence-electron chi connectivity index (χ0n) is 16.4. The molecule has 2 aromatic carbocycles. The minimum absolute atomic E-state index is 0.0520. The largest absolute Gasteiger partial charge is 0.493 e. The van der Waals surface area contributed by atoms with Crippen LogP contribution in [0.1, 0.15) is 49.3 Å². The van der Waals surface area contributed by atoms with Crippen molar-refractivity contribution in [3.05, 3.63) is 51.5 Å². The number of benzene rings is 2. The van der Waals surface area contributed by atoms with Crippen molar-refractivity contribution in [2.75, 3.05) is 14.2 Å². The first-order chi connectivity index (χ1) is 14.0. The Bertz CT molecular complexity index is 1000. The monoisotopic (exact) mass is 432 g/mol. The van der Waals surface area contributed by atoms with Gasteiger partial charge < -0.3 is 14.2 Å². The van der Waals surface area contributed by atoms with Crippen molar-refractivity contribution in [2.24, 2.45) is 5.10 Å². The van der Waals surface area contributed by atoms with Crippen LogP contribution in [0.15, 0.2) is 35.4 Å². The summed E-state index contributed by atoms with van der Waals surface area (Å²) in [4.78, 5) is 0. The molecule has 0 aromatic heterocycles. The highest BCUT2D eigenvalue weighted by Crippen LogP contribution is 2.54. The van der Waals surface area contributed by atoms with Crippen LogP contribution in [0.4, 0.5) is 0 Å². The third-order valence-electron chi connectivity index (χ3n) is 6.12. The first kappa shape index (κ1) is 18.9. The fourth-order valence-corrected chi connectivity index (χ4v) is 5.30. The van der Waals surface area contributed by atoms with Gasteiger partial charge >= 0.3 is 0 Å². The first-order valence-corrected chi connectivity index (χ1v) is 10.6. The van der Waals surface area contributed by atoms with Crippen molar-refractivity contribution in [3.63, 3.8) is 0 Å². The Balaban J connectivity index is 1.60. The lowest BCUT2D eigenvalue weighted by Gasteiger charge is -2.46. The minimum atomic E-state index is -0.437. The van der Waals surface area contributed by atoms with E-state index >= 15 is 0 Å². The molecule has 152 valence electrons. The van der Waals surface area contributed by atoms with E-state index in [9.17, 15) is 0 Å². The van der Waals surface area contributed by atoms with Crippen LogP contribution in [0.5, 0.6) is 17.2 Å². The van der Waals surface area contributed by atoms with Gasteiger partial charge in [-0.05, 0) is 43.2 Å². The molecule has 0 amide bonds. The van der Waals surface area contributed by atoms with Crippen LogP contribution in [0.2, 0.25) is 10.0 Å². The van der Waals surface area contributed by atoms with Gasteiger partial charge in [0.25, 0.3) is 0 Å². The van der Waals surface area contributed by atoms with Crippen molar-refractivity contribution >= 4 is 28.9 Å². The molecule has 2 aliphatic heterocycles. The summed E-state index contributed by atoms with van der Waals surface area (Å²) in [7, 11) is 3.28. The molecule has 2 heterocycles. The van der Waals surface area contributed by atoms with Gasteiger partial charge in [0.2, 0.25) is 0 Å². The summed E-state index contributed by atoms with van der Waals surface area (Å²) in [6.07, 6.45) is 4.86. The number of fused-ring (bicyclic) bond motifs is 4. The number of methoxy groups -OCH3 is 2. The molecule has 29 heavy (non-hydrogen) atoms. The van der Waals surface area contributed by atoms with Gasteiger partial charge in [-0.15, -0.1) is 0 Å². The Morgan fingerprint density at radius 3 is 2.55 bits per heavy atom. The lowest BCUT2D eigenvalue weighted by Crippen LogP contribution is -2.51. The second kappa shape index (κ2) is 6.99. The number of hydrogen-bond donors (Lipinski definition) is 0. The lowest BCUT2D eigenvalue weighted by molar-refractivity contribution is -0.114. The quantitative estimate of drug-likeness (QED) is 0.612. The summed E-state index contributed by atoms with van der Waals surface area (Å²) in [5.74, 6) is 2.14. The molecule has 0 unspecified atom stereocenters. The maximum atomic E-state index is 6.53. The average Bonchev–Trinajstić information content (AvgIpc) is 3.37. The lowest BCUT2D eigenvalue weighted by atomic mass is 9.94. The average molecular weight is 433 g/mol. The van der Waals surface area contributed by atoms with Gasteiger partial charge in [-0.25, -0.2) is 5.01 Å². The van der Waals surface area contributed by atoms with E-state index in [-0.39, 0.29) is 6.04 Å². The van der Waals surface area contributed by atoms with Crippen molar-refractivity contribution in [3.8, 4) is 17.2 Å². The highest BCUT2D eigenvalue weighted by Gasteiger charge is 2.52. The topological polar surface area (TPSA) is 43.3 Å². The molecule has 5 rings (SSSR count). The summed E-state index contributed by atoms with van der Waals surface area (Å²) in [5, 5.41) is 8.38. The first-order valence-electron chi connectivity index (χ1n) is 9.82. The standard InChI is InChI=1S/C22H22Cl2N2O3/c1-27-19-6-5-13(9-20(19)28-2)17-12-18-15-10-14(23)11-16(24)21(15)29-22(26(18)25-17)7-3-4-8-22/h5-6,9-11,18H,3-4,7-8,12H2,1-2H3/t18-/m1/s1. The smallest absolute Gasteiger partial charge is 0.198 e. The molecule has 1 fully saturated rings. The van der Waals surface area contributed by atoms with Crippen LogP contribution in [0.25, 0.3) is 0 Å². The zero-order valence-corrected chi connectivity index (χ0v) is 17.9. The van der Waals surface area contributed by atoms with Gasteiger partial charge in [0.1, 0.15) is 5.75 Å². The Hall–Kier alpha value is -2.11. The Kier molecular flexibility index (Phi) is 4.56. The molecule has 1 saturated carbocycles. The number of rotatable bonds is 3. The van der Waals surface area contributed by atoms with Gasteiger partial charge in [0, 0.05) is 35.4 Å². The fourth-order valence-electron chi connectivity index (χ4n) is 4.75. The maximum Gasteiger partial charge on any atom is 0.198 e. The number of hydrazone groups is 1. The normalized spacial score (nSPS) is 21.4. The molecule has 1 atom stereocenters. The van der Waals surface area contributed by atoms with E-state index < -0.39 is 5.72 Å². The number of nitrogens with zero attached hydrogens (tertiary/aromatic N) is 2. The van der Waals surface area contributed by atoms with Gasteiger partial charge in [-0.2, -0.15) is 5.10 Å². The molecule has 0 radical (unpaired) electrons. The van der Waals surface area contributed by atoms with Gasteiger partial charge in [-0.3, -0.25) is 0 Å². The number of halogens is 2. The predicted molar refractivity (Wildman–Crippen MR) is 114 cm³/mol. The molecule has 7 heteroatoms. The second-order valence-corrected chi connectivity index (χ2v) is 8.59. The predicted octanol–water partition coefficient (Wildman–Crippen LogP) is 5.82. The van der Waals surface area contributed by atoms with Crippen LogP contribution in [-0.4, -0.2) is 30.7 Å². The number of hydrogen-bond acceptors (Lipinski definition) is 5. The minimum Gasteiger partial charge on any atom is -0.493 e. The summed E-state index contributed by atoms with van der Waals surface area (Å²) < 4.78 is 17.4. The zero-order chi connectivity index (χ0) is 20.2. The van der Waals surface area contributed by atoms with Crippen molar-refractivity contribution in [1.29, 1.82) is 0 Å². The maximum absolute atomic E-state index is 6.53. The Labute approximate surface area is 180 Å². The summed E-state index contributed by atoms with van der Waals surface area (Å²) >= 11 is 12.9. The van der Waals surface area contributed by atoms with Gasteiger partial charge in [0.05, 0.1) is 31.0 Å². The molecule has 0 N–H and O–H groups in total. The highest BCUT2D eigenvalue weighted by molar-refractivity contribution is 6.35. The summed E-state index contributed by atoms with van der Waals surface area (Å²) in [5.41, 5.74) is 2.57. The van der Waals surface area contributed by atoms with E-state index in [4.69, 9.17) is 42.5 Å². The van der Waals surface area contributed by atoms with E-state index in [2.05, 4.69) is 5.01 Å². The third kappa shape index (κ3) is 2.94.